The van der Waals surface area contributed by atoms with E-state index in [0.717, 1.165) is 11.3 Å². The maximum atomic E-state index is 11.8. The summed E-state index contributed by atoms with van der Waals surface area (Å²) in [5, 5.41) is 13.4. The third kappa shape index (κ3) is 3.73. The van der Waals surface area contributed by atoms with Crippen LogP contribution < -0.4 is 5.32 Å². The molecule has 0 spiro atoms. The van der Waals surface area contributed by atoms with Crippen molar-refractivity contribution in [3.63, 3.8) is 0 Å². The van der Waals surface area contributed by atoms with Crippen LogP contribution in [0, 0.1) is 0 Å². The van der Waals surface area contributed by atoms with Gasteiger partial charge in [-0.15, -0.1) is 11.3 Å². The van der Waals surface area contributed by atoms with Gasteiger partial charge in [0, 0.05) is 11.6 Å². The van der Waals surface area contributed by atoms with E-state index in [2.05, 4.69) is 15.3 Å². The van der Waals surface area contributed by atoms with E-state index in [1.165, 1.54) is 18.3 Å². The molecular weight excluding hydrogens is 290 g/mol. The minimum absolute atomic E-state index is 0.172. The molecule has 0 aromatic carbocycles. The lowest BCUT2D eigenvalue weighted by Gasteiger charge is -2.00. The number of nitrogens with zero attached hydrogens (tertiary/aromatic N) is 2. The lowest BCUT2D eigenvalue weighted by molar-refractivity contribution is -0.136. The van der Waals surface area contributed by atoms with Crippen molar-refractivity contribution in [3.8, 4) is 0 Å². The van der Waals surface area contributed by atoms with Gasteiger partial charge in [0.1, 0.15) is 5.15 Å². The molecule has 2 rings (SSSR count). The number of carboxylic acids is 1. The molecule has 19 heavy (non-hydrogen) atoms. The molecule has 0 bridgehead atoms. The number of anilines is 1. The third-order valence-electron chi connectivity index (χ3n) is 2.09. The summed E-state index contributed by atoms with van der Waals surface area (Å²) in [4.78, 5) is 30.1. The highest BCUT2D eigenvalue weighted by molar-refractivity contribution is 7.14. The maximum Gasteiger partial charge on any atom is 0.309 e. The van der Waals surface area contributed by atoms with Crippen molar-refractivity contribution in [2.75, 3.05) is 5.32 Å². The van der Waals surface area contributed by atoms with Crippen molar-refractivity contribution in [3.05, 3.63) is 40.1 Å². The van der Waals surface area contributed by atoms with Crippen LogP contribution in [0.3, 0.4) is 0 Å². The monoisotopic (exact) mass is 297 g/mol. The summed E-state index contributed by atoms with van der Waals surface area (Å²) in [6.45, 7) is 0. The molecule has 8 heteroatoms. The van der Waals surface area contributed by atoms with Crippen LogP contribution in [-0.2, 0) is 11.2 Å². The van der Waals surface area contributed by atoms with E-state index < -0.39 is 5.97 Å². The van der Waals surface area contributed by atoms with Crippen LogP contribution in [0.5, 0.6) is 0 Å². The molecule has 1 amide bonds. The van der Waals surface area contributed by atoms with Gasteiger partial charge < -0.3 is 5.11 Å². The molecule has 6 nitrogen and oxygen atoms in total. The highest BCUT2D eigenvalue weighted by Gasteiger charge is 2.10. The predicted molar refractivity (Wildman–Crippen MR) is 70.7 cm³/mol. The Hall–Kier alpha value is -1.99. The Morgan fingerprint density at radius 1 is 1.42 bits per heavy atom. The van der Waals surface area contributed by atoms with Gasteiger partial charge in [0.15, 0.2) is 5.13 Å². The highest BCUT2D eigenvalue weighted by Crippen LogP contribution is 2.17. The smallest absolute Gasteiger partial charge is 0.309 e. The maximum absolute atomic E-state index is 11.8. The minimum Gasteiger partial charge on any atom is -0.481 e. The molecule has 2 N–H and O–H groups in total. The number of aromatic nitrogens is 2. The normalized spacial score (nSPS) is 10.2. The fourth-order valence-corrected chi connectivity index (χ4v) is 2.10. The fraction of sp³-hybridized carbons (Fsp3) is 0.0909. The molecule has 98 valence electrons. The second-order valence-corrected chi connectivity index (χ2v) is 4.78. The van der Waals surface area contributed by atoms with Crippen molar-refractivity contribution in [1.29, 1.82) is 0 Å². The first-order chi connectivity index (χ1) is 9.04. The second-order valence-electron chi connectivity index (χ2n) is 3.54. The molecule has 2 aromatic rings. The Labute approximate surface area is 117 Å². The molecule has 0 aliphatic rings. The quantitative estimate of drug-likeness (QED) is 0.843. The Morgan fingerprint density at radius 3 is 2.84 bits per heavy atom. The molecule has 0 atom stereocenters. The number of halogens is 1. The average Bonchev–Trinajstić information content (AvgIpc) is 2.76. The van der Waals surface area contributed by atoms with Gasteiger partial charge in [0.05, 0.1) is 17.7 Å². The van der Waals surface area contributed by atoms with E-state index in [4.69, 9.17) is 16.7 Å². The van der Waals surface area contributed by atoms with Gasteiger partial charge in [0.2, 0.25) is 0 Å². The largest absolute Gasteiger partial charge is 0.481 e. The lowest BCUT2D eigenvalue weighted by Crippen LogP contribution is -2.12. The predicted octanol–water partition coefficient (Wildman–Crippen LogP) is 2.07. The summed E-state index contributed by atoms with van der Waals surface area (Å²) in [7, 11) is 0. The van der Waals surface area contributed by atoms with Gasteiger partial charge >= 0.3 is 5.97 Å². The van der Waals surface area contributed by atoms with Crippen LogP contribution in [0.1, 0.15) is 16.1 Å². The molecule has 0 unspecified atom stereocenters. The van der Waals surface area contributed by atoms with Crippen LogP contribution in [-0.4, -0.2) is 27.0 Å². The van der Waals surface area contributed by atoms with Gasteiger partial charge in [-0.05, 0) is 12.1 Å². The second kappa shape index (κ2) is 5.77. The molecular formula is C11H8ClN3O3S. The number of rotatable bonds is 4. The summed E-state index contributed by atoms with van der Waals surface area (Å²) in [6, 6.07) is 3.05. The lowest BCUT2D eigenvalue weighted by atomic mass is 10.3. The Kier molecular flexibility index (Phi) is 4.08. The zero-order valence-corrected chi connectivity index (χ0v) is 11.0. The molecule has 0 fully saturated rings. The zero-order chi connectivity index (χ0) is 13.8. The molecule has 2 aromatic heterocycles. The van der Waals surface area contributed by atoms with Gasteiger partial charge in [-0.1, -0.05) is 11.6 Å². The standard InChI is InChI=1S/C11H8ClN3O3S/c12-8-2-1-6(4-13-8)10(18)15-11-14-7(5-19-11)3-9(16)17/h1-2,4-5H,3H2,(H,16,17)(H,14,15,18). The topological polar surface area (TPSA) is 92.2 Å². The van der Waals surface area contributed by atoms with Crippen molar-refractivity contribution < 1.29 is 14.7 Å². The van der Waals surface area contributed by atoms with Crippen molar-refractivity contribution >= 4 is 39.9 Å². The summed E-state index contributed by atoms with van der Waals surface area (Å²) in [6.07, 6.45) is 1.18. The van der Waals surface area contributed by atoms with Crippen LogP contribution in [0.4, 0.5) is 5.13 Å². The van der Waals surface area contributed by atoms with Gasteiger partial charge in [-0.25, -0.2) is 9.97 Å². The minimum atomic E-state index is -0.968. The van der Waals surface area contributed by atoms with E-state index in [9.17, 15) is 9.59 Å². The van der Waals surface area contributed by atoms with E-state index in [1.54, 1.807) is 5.38 Å². The Bertz CT molecular complexity index is 612. The molecule has 0 saturated heterocycles. The molecule has 2 heterocycles. The van der Waals surface area contributed by atoms with E-state index in [1.807, 2.05) is 0 Å². The highest BCUT2D eigenvalue weighted by atomic mass is 35.5. The number of carbonyl (C=O) groups is 2. The first-order valence-corrected chi connectivity index (χ1v) is 6.39. The van der Waals surface area contributed by atoms with Crippen molar-refractivity contribution in [2.24, 2.45) is 0 Å². The van der Waals surface area contributed by atoms with Crippen molar-refractivity contribution in [1.82, 2.24) is 9.97 Å². The van der Waals surface area contributed by atoms with Crippen molar-refractivity contribution in [2.45, 2.75) is 6.42 Å². The first kappa shape index (κ1) is 13.4. The molecule has 0 saturated carbocycles. The average molecular weight is 298 g/mol. The zero-order valence-electron chi connectivity index (χ0n) is 9.46. The van der Waals surface area contributed by atoms with E-state index in [0.29, 0.717) is 21.5 Å². The number of hydrogen-bond donors (Lipinski definition) is 2. The SMILES string of the molecule is O=C(O)Cc1csc(NC(=O)c2ccc(Cl)nc2)n1. The Morgan fingerprint density at radius 2 is 2.21 bits per heavy atom. The summed E-state index contributed by atoms with van der Waals surface area (Å²) in [5.41, 5.74) is 0.751. The van der Waals surface area contributed by atoms with Crippen LogP contribution >= 0.6 is 22.9 Å². The van der Waals surface area contributed by atoms with Crippen LogP contribution in [0.25, 0.3) is 0 Å². The fourth-order valence-electron chi connectivity index (χ4n) is 1.28. The number of aliphatic carboxylic acids is 1. The Balaban J connectivity index is 2.04. The van der Waals surface area contributed by atoms with Crippen LogP contribution in [0.2, 0.25) is 5.15 Å². The number of carbonyl (C=O) groups excluding carboxylic acids is 1. The number of pyridine rings is 1. The number of hydrogen-bond acceptors (Lipinski definition) is 5. The number of carboxylic acid groups (broad SMARTS) is 1. The van der Waals surface area contributed by atoms with E-state index in [-0.39, 0.29) is 12.3 Å². The number of amides is 1. The van der Waals surface area contributed by atoms with Gasteiger partial charge in [0.25, 0.3) is 5.91 Å². The first-order valence-electron chi connectivity index (χ1n) is 5.13. The summed E-state index contributed by atoms with van der Waals surface area (Å²) >= 11 is 6.78. The van der Waals surface area contributed by atoms with E-state index >= 15 is 0 Å². The van der Waals surface area contributed by atoms with Gasteiger partial charge in [-0.3, -0.25) is 14.9 Å². The number of nitrogens with one attached hydrogen (secondary N) is 1. The van der Waals surface area contributed by atoms with Gasteiger partial charge in [-0.2, -0.15) is 0 Å². The molecule has 0 aliphatic heterocycles. The summed E-state index contributed by atoms with van der Waals surface area (Å²) in [5.74, 6) is -1.34. The van der Waals surface area contributed by atoms with Crippen LogP contribution in [0.15, 0.2) is 23.7 Å². The third-order valence-corrected chi connectivity index (χ3v) is 3.12. The number of thiazole rings is 1. The molecule has 0 radical (unpaired) electrons. The molecule has 0 aliphatic carbocycles. The summed E-state index contributed by atoms with van der Waals surface area (Å²) < 4.78 is 0.